The van der Waals surface area contributed by atoms with Gasteiger partial charge in [0.25, 0.3) is 0 Å². The lowest BCUT2D eigenvalue weighted by molar-refractivity contribution is -0.141. The van der Waals surface area contributed by atoms with Crippen LogP contribution in [0.25, 0.3) is 0 Å². The Balaban J connectivity index is 0.000000400. The summed E-state index contributed by atoms with van der Waals surface area (Å²) in [5.74, 6) is 0. The minimum Gasteiger partial charge on any atom is -0.371 e. The monoisotopic (exact) mass is 567 g/mol. The van der Waals surface area contributed by atoms with Gasteiger partial charge in [-0.1, -0.05) is 25.7 Å². The Morgan fingerprint density at radius 1 is 0.375 bits per heavy atom. The summed E-state index contributed by atoms with van der Waals surface area (Å²) < 4.78 is 12.8. The van der Waals surface area contributed by atoms with Crippen molar-refractivity contribution in [2.24, 2.45) is 0 Å². The van der Waals surface area contributed by atoms with Crippen LogP contribution in [0, 0.1) is 0 Å². The van der Waals surface area contributed by atoms with Crippen molar-refractivity contribution in [1.29, 1.82) is 0 Å². The molecule has 0 unspecified atom stereocenters. The van der Waals surface area contributed by atoms with E-state index in [0.717, 1.165) is 0 Å². The van der Waals surface area contributed by atoms with Gasteiger partial charge in [0.1, 0.15) is 0 Å². The zero-order chi connectivity index (χ0) is 31.5. The summed E-state index contributed by atoms with van der Waals surface area (Å²) in [6.45, 7) is 41.1. The molecular formula is C36H74N2O2. The molecule has 0 aromatic heterocycles. The van der Waals surface area contributed by atoms with Crippen molar-refractivity contribution in [2.45, 2.75) is 234 Å². The highest BCUT2D eigenvalue weighted by atomic mass is 16.5. The van der Waals surface area contributed by atoms with Crippen LogP contribution in [0.1, 0.15) is 176 Å². The predicted octanol–water partition coefficient (Wildman–Crippen LogP) is 10.0. The largest absolute Gasteiger partial charge is 0.371 e. The summed E-state index contributed by atoms with van der Waals surface area (Å²) in [6, 6.07) is 1.06. The standard InChI is InChI=1S/2C18H37NO/c2*1-16(2,3)19(17(4,5)6)14-12-10-11-13-15(14)20-18(7,8)9/h2*14-15H,10-13H2,1-9H3/t2*14-,15+/m10/s1. The molecule has 0 aromatic carbocycles. The Labute approximate surface area is 252 Å². The first-order valence-corrected chi connectivity index (χ1v) is 16.6. The lowest BCUT2D eigenvalue weighted by atomic mass is 9.84. The van der Waals surface area contributed by atoms with Gasteiger partial charge in [0, 0.05) is 34.2 Å². The molecule has 40 heavy (non-hydrogen) atoms. The van der Waals surface area contributed by atoms with Crippen LogP contribution in [0.4, 0.5) is 0 Å². The zero-order valence-electron chi connectivity index (χ0n) is 30.7. The van der Waals surface area contributed by atoms with E-state index in [4.69, 9.17) is 9.47 Å². The molecule has 0 heterocycles. The number of rotatable bonds is 4. The summed E-state index contributed by atoms with van der Waals surface area (Å²) in [7, 11) is 0. The molecule has 4 nitrogen and oxygen atoms in total. The van der Waals surface area contributed by atoms with Crippen molar-refractivity contribution in [1.82, 2.24) is 9.80 Å². The average Bonchev–Trinajstić information content (AvgIpc) is 2.65. The molecule has 0 radical (unpaired) electrons. The molecular weight excluding hydrogens is 492 g/mol. The molecule has 4 heteroatoms. The fourth-order valence-electron chi connectivity index (χ4n) is 7.93. The van der Waals surface area contributed by atoms with Gasteiger partial charge in [-0.2, -0.15) is 0 Å². The van der Waals surface area contributed by atoms with Gasteiger partial charge < -0.3 is 9.47 Å². The van der Waals surface area contributed by atoms with Gasteiger partial charge in [0.05, 0.1) is 23.4 Å². The topological polar surface area (TPSA) is 24.9 Å². The second-order valence-corrected chi connectivity index (χ2v) is 18.7. The minimum atomic E-state index is -0.0539. The third-order valence-corrected chi connectivity index (χ3v) is 7.90. The molecule has 0 saturated heterocycles. The van der Waals surface area contributed by atoms with Crippen molar-refractivity contribution >= 4 is 0 Å². The lowest BCUT2D eigenvalue weighted by Crippen LogP contribution is -2.62. The zero-order valence-corrected chi connectivity index (χ0v) is 30.7. The first-order chi connectivity index (χ1) is 17.6. The smallest absolute Gasteiger partial charge is 0.0737 e. The van der Waals surface area contributed by atoms with E-state index in [2.05, 4.69) is 134 Å². The molecule has 2 rings (SSSR count). The fourth-order valence-corrected chi connectivity index (χ4v) is 7.93. The molecule has 0 bridgehead atoms. The van der Waals surface area contributed by atoms with E-state index in [1.54, 1.807) is 0 Å². The molecule has 0 N–H and O–H groups in total. The number of ether oxygens (including phenoxy) is 2. The van der Waals surface area contributed by atoms with Crippen molar-refractivity contribution < 1.29 is 9.47 Å². The molecule has 240 valence electrons. The van der Waals surface area contributed by atoms with Crippen molar-refractivity contribution in [3.8, 4) is 0 Å². The quantitative estimate of drug-likeness (QED) is 0.338. The first kappa shape index (κ1) is 37.9. The van der Waals surface area contributed by atoms with E-state index >= 15 is 0 Å². The van der Waals surface area contributed by atoms with Crippen LogP contribution >= 0.6 is 0 Å². The molecule has 4 atom stereocenters. The van der Waals surface area contributed by atoms with E-state index in [9.17, 15) is 0 Å². The van der Waals surface area contributed by atoms with Gasteiger partial charge in [-0.15, -0.1) is 0 Å². The van der Waals surface area contributed by atoms with Crippen LogP contribution in [0.2, 0.25) is 0 Å². The maximum absolute atomic E-state index is 6.42. The second-order valence-electron chi connectivity index (χ2n) is 18.7. The predicted molar refractivity (Wildman–Crippen MR) is 176 cm³/mol. The van der Waals surface area contributed by atoms with Gasteiger partial charge in [-0.25, -0.2) is 0 Å². The van der Waals surface area contributed by atoms with Crippen LogP contribution in [-0.4, -0.2) is 67.4 Å². The fraction of sp³-hybridized carbons (Fsp3) is 1.00. The normalized spacial score (nSPS) is 26.1. The maximum Gasteiger partial charge on any atom is 0.0737 e. The minimum absolute atomic E-state index is 0.0539. The summed E-state index contributed by atoms with van der Waals surface area (Å²) in [5, 5.41) is 0. The molecule has 2 fully saturated rings. The van der Waals surface area contributed by atoms with E-state index < -0.39 is 0 Å². The average molecular weight is 567 g/mol. The molecule has 0 spiro atoms. The summed E-state index contributed by atoms with van der Waals surface area (Å²) in [5.41, 5.74) is 0.558. The van der Waals surface area contributed by atoms with E-state index in [0.29, 0.717) is 24.3 Å². The van der Waals surface area contributed by atoms with Crippen LogP contribution in [-0.2, 0) is 9.47 Å². The van der Waals surface area contributed by atoms with E-state index in [-0.39, 0.29) is 33.4 Å². The third kappa shape index (κ3) is 12.6. The molecule has 2 aliphatic rings. The third-order valence-electron chi connectivity index (χ3n) is 7.90. The molecule has 0 aromatic rings. The Bertz CT molecular complexity index is 642. The van der Waals surface area contributed by atoms with Crippen molar-refractivity contribution in [3.63, 3.8) is 0 Å². The lowest BCUT2D eigenvalue weighted by Gasteiger charge is -2.54. The maximum atomic E-state index is 6.42. The summed E-state index contributed by atoms with van der Waals surface area (Å²) >= 11 is 0. The van der Waals surface area contributed by atoms with Crippen molar-refractivity contribution in [2.75, 3.05) is 0 Å². The highest BCUT2D eigenvalue weighted by molar-refractivity contribution is 4.98. The van der Waals surface area contributed by atoms with Crippen LogP contribution in [0.5, 0.6) is 0 Å². The SMILES string of the molecule is CC(C)(C)O[C@@H]1CCCC[C@@H]1N(C(C)(C)C)C(C)(C)C.CC(C)(C)O[C@H]1CCCC[C@H]1N(C(C)(C)C)C(C)(C)C. The van der Waals surface area contributed by atoms with Crippen LogP contribution < -0.4 is 0 Å². The first-order valence-electron chi connectivity index (χ1n) is 16.6. The molecule has 0 amide bonds. The number of hydrogen-bond acceptors (Lipinski definition) is 4. The Kier molecular flexibility index (Phi) is 12.9. The highest BCUT2D eigenvalue weighted by Gasteiger charge is 2.44. The van der Waals surface area contributed by atoms with E-state index in [1.807, 2.05) is 0 Å². The Hall–Kier alpha value is -0.160. The Morgan fingerprint density at radius 2 is 0.600 bits per heavy atom. The van der Waals surface area contributed by atoms with E-state index in [1.165, 1.54) is 51.4 Å². The summed E-state index contributed by atoms with van der Waals surface area (Å²) in [6.07, 6.45) is 10.9. The Morgan fingerprint density at radius 3 is 0.800 bits per heavy atom. The van der Waals surface area contributed by atoms with Crippen LogP contribution in [0.15, 0.2) is 0 Å². The summed E-state index contributed by atoms with van der Waals surface area (Å²) in [4.78, 5) is 5.38. The van der Waals surface area contributed by atoms with Crippen molar-refractivity contribution in [3.05, 3.63) is 0 Å². The van der Waals surface area contributed by atoms with Gasteiger partial charge in [-0.05, 0) is 150 Å². The van der Waals surface area contributed by atoms with Gasteiger partial charge in [0.15, 0.2) is 0 Å². The van der Waals surface area contributed by atoms with Gasteiger partial charge in [-0.3, -0.25) is 9.80 Å². The molecule has 2 saturated carbocycles. The van der Waals surface area contributed by atoms with Gasteiger partial charge in [0.2, 0.25) is 0 Å². The number of hydrogen-bond donors (Lipinski definition) is 0. The number of nitrogens with zero attached hydrogens (tertiary/aromatic N) is 2. The van der Waals surface area contributed by atoms with Gasteiger partial charge >= 0.3 is 0 Å². The molecule has 0 aliphatic heterocycles. The second kappa shape index (κ2) is 13.6. The highest BCUT2D eigenvalue weighted by Crippen LogP contribution is 2.38. The molecule has 2 aliphatic carbocycles. The van der Waals surface area contributed by atoms with Crippen LogP contribution in [0.3, 0.4) is 0 Å².